The van der Waals surface area contributed by atoms with Gasteiger partial charge in [0.1, 0.15) is 17.7 Å². The molecule has 3 saturated carbocycles. The van der Waals surface area contributed by atoms with Gasteiger partial charge in [0, 0.05) is 101 Å². The first-order valence-electron chi connectivity index (χ1n) is 29.4. The number of carbonyl (C=O) groups is 6. The Morgan fingerprint density at radius 2 is 1.51 bits per heavy atom. The third kappa shape index (κ3) is 17.0. The van der Waals surface area contributed by atoms with Gasteiger partial charge in [0.25, 0.3) is 0 Å². The van der Waals surface area contributed by atoms with Crippen molar-refractivity contribution in [2.24, 2.45) is 11.8 Å². The van der Waals surface area contributed by atoms with Gasteiger partial charge in [-0.1, -0.05) is 6.07 Å². The van der Waals surface area contributed by atoms with Gasteiger partial charge in [0.05, 0.1) is 53.9 Å². The van der Waals surface area contributed by atoms with Gasteiger partial charge in [0.15, 0.2) is 0 Å². The van der Waals surface area contributed by atoms with Gasteiger partial charge in [-0.15, -0.1) is 0 Å². The van der Waals surface area contributed by atoms with Crippen LogP contribution in [0.4, 0.5) is 19.0 Å². The van der Waals surface area contributed by atoms with Crippen LogP contribution in [0.15, 0.2) is 42.7 Å². The van der Waals surface area contributed by atoms with Crippen LogP contribution in [0.25, 0.3) is 10.9 Å². The first kappa shape index (κ1) is 61.1. The summed E-state index contributed by atoms with van der Waals surface area (Å²) in [5.74, 6) is -0.701. The second-order valence-corrected chi connectivity index (χ2v) is 24.0. The van der Waals surface area contributed by atoms with Crippen molar-refractivity contribution in [3.8, 4) is 0 Å². The fourth-order valence-corrected chi connectivity index (χ4v) is 12.6. The number of rotatable bonds is 23. The molecule has 6 atom stereocenters. The van der Waals surface area contributed by atoms with Crippen LogP contribution in [0, 0.1) is 11.8 Å². The van der Waals surface area contributed by atoms with Gasteiger partial charge in [-0.25, -0.2) is 9.97 Å². The van der Waals surface area contributed by atoms with E-state index in [0.717, 1.165) is 49.8 Å². The second-order valence-electron chi connectivity index (χ2n) is 24.0. The van der Waals surface area contributed by atoms with Crippen molar-refractivity contribution in [1.29, 1.82) is 0 Å². The lowest BCUT2D eigenvalue weighted by molar-refractivity contribution is -0.137. The number of likely N-dealkylation sites (tertiary alicyclic amines) is 2. The number of hydrogen-bond donors (Lipinski definition) is 6. The maximum atomic E-state index is 14.1. The van der Waals surface area contributed by atoms with Crippen LogP contribution in [0.3, 0.4) is 0 Å². The fourth-order valence-electron chi connectivity index (χ4n) is 12.6. The summed E-state index contributed by atoms with van der Waals surface area (Å²) in [4.78, 5) is 94.9. The zero-order chi connectivity index (χ0) is 57.8. The van der Waals surface area contributed by atoms with Crippen LogP contribution in [0.1, 0.15) is 160 Å². The van der Waals surface area contributed by atoms with Crippen LogP contribution >= 0.6 is 0 Å². The minimum atomic E-state index is -4.60. The molecule has 6 N–H and O–H groups in total. The van der Waals surface area contributed by atoms with Gasteiger partial charge in [0.2, 0.25) is 35.4 Å². The van der Waals surface area contributed by atoms with Crippen LogP contribution in [0.5, 0.6) is 0 Å². The molecule has 19 nitrogen and oxygen atoms in total. The molecular weight excluding hydrogens is 1050 g/mol. The minimum Gasteiger partial charge on any atom is -0.378 e. The molecule has 2 aliphatic heterocycles. The summed E-state index contributed by atoms with van der Waals surface area (Å²) >= 11 is 0. The van der Waals surface area contributed by atoms with E-state index < -0.39 is 23.7 Å². The summed E-state index contributed by atoms with van der Waals surface area (Å²) in [6.07, 6.45) is 10.5. The third-order valence-corrected chi connectivity index (χ3v) is 16.7. The van der Waals surface area contributed by atoms with E-state index >= 15 is 0 Å². The molecule has 444 valence electrons. The number of unbranched alkanes of at least 4 members (excludes halogenated alkanes) is 1. The predicted octanol–water partition coefficient (Wildman–Crippen LogP) is 6.44. The van der Waals surface area contributed by atoms with E-state index in [1.807, 2.05) is 6.07 Å². The molecule has 0 radical (unpaired) electrons. The molecule has 0 spiro atoms. The number of amides is 6. The van der Waals surface area contributed by atoms with E-state index in [-0.39, 0.29) is 107 Å². The average Bonchev–Trinajstić information content (AvgIpc) is 4.09. The van der Waals surface area contributed by atoms with E-state index in [1.165, 1.54) is 13.0 Å². The van der Waals surface area contributed by atoms with Gasteiger partial charge in [-0.05, 0) is 147 Å². The summed E-state index contributed by atoms with van der Waals surface area (Å²) in [7, 11) is 1.72. The first-order valence-corrected chi connectivity index (χ1v) is 29.4. The molecule has 2 saturated heterocycles. The molecule has 81 heavy (non-hydrogen) atoms. The number of nitrogens with one attached hydrogen (secondary N) is 6. The molecule has 5 aliphatic rings. The van der Waals surface area contributed by atoms with E-state index in [4.69, 9.17) is 14.5 Å². The number of nitrogens with zero attached hydrogens (tertiary/aromatic N) is 5. The van der Waals surface area contributed by atoms with Crippen LogP contribution < -0.4 is 31.9 Å². The summed E-state index contributed by atoms with van der Waals surface area (Å²) in [5, 5.41) is 19.2. The molecule has 8 rings (SSSR count). The number of alkyl halides is 3. The molecule has 22 heteroatoms. The Morgan fingerprint density at radius 3 is 2.20 bits per heavy atom. The lowest BCUT2D eigenvalue weighted by atomic mass is 9.84. The van der Waals surface area contributed by atoms with E-state index in [9.17, 15) is 41.9 Å². The Morgan fingerprint density at radius 1 is 0.790 bits per heavy atom. The SMILES string of the molecule is CC(=O)N[C@@H]1C[C@H](NC(C)(C)C)CC[C@@H]1N1CC[C@H](Nc2nc(CCCCNC(=O)C3CCC(NC(=O)CCCOC4CCC(OCCNC(=O)[C@H]5CC(=O)N(C)[C@@H]5c5cccnc5)CC4)CC3)nc3ccc(C(F)(F)F)cc23)C1=O. The summed E-state index contributed by atoms with van der Waals surface area (Å²) in [6.45, 7) is 9.84. The van der Waals surface area contributed by atoms with Crippen molar-refractivity contribution in [3.63, 3.8) is 0 Å². The number of halogens is 3. The lowest BCUT2D eigenvalue weighted by Gasteiger charge is -2.43. The van der Waals surface area contributed by atoms with Crippen molar-refractivity contribution in [3.05, 3.63) is 59.7 Å². The van der Waals surface area contributed by atoms with E-state index in [0.29, 0.717) is 121 Å². The highest BCUT2D eigenvalue weighted by Crippen LogP contribution is 2.38. The molecule has 2 aromatic heterocycles. The minimum absolute atomic E-state index is 0.0130. The number of benzene rings is 1. The van der Waals surface area contributed by atoms with Crippen LogP contribution in [-0.2, 0) is 50.8 Å². The van der Waals surface area contributed by atoms with Crippen molar-refractivity contribution in [2.45, 2.75) is 203 Å². The maximum Gasteiger partial charge on any atom is 0.416 e. The topological polar surface area (TPSA) is 238 Å². The highest BCUT2D eigenvalue weighted by atomic mass is 19.4. The van der Waals surface area contributed by atoms with Gasteiger partial charge >= 0.3 is 6.18 Å². The Balaban J connectivity index is 0.696. The van der Waals surface area contributed by atoms with Crippen molar-refractivity contribution in [1.82, 2.24) is 51.3 Å². The van der Waals surface area contributed by atoms with Crippen molar-refractivity contribution >= 4 is 52.2 Å². The fraction of sp³-hybridized carbons (Fsp3) is 0.678. The average molecular weight is 1130 g/mol. The molecular formula is C59H84F3N11O8. The number of fused-ring (bicyclic) bond motifs is 1. The van der Waals surface area contributed by atoms with Crippen molar-refractivity contribution < 1.29 is 51.4 Å². The quantitative estimate of drug-likeness (QED) is 0.0561. The standard InChI is InChI=1S/C59H84F3N11O8/c1-36(74)66-48-33-41(71-58(2,3)4)18-24-49(48)73-29-25-47(57(73)79)69-54-44-32-39(59(60,61)62)15-23-46(44)68-50(70-54)11-6-7-27-64-55(77)37-13-16-40(17-14-37)67-51(75)12-9-30-80-42-19-21-43(22-20-42)81-31-28-65-56(78)45-34-52(76)72(5)53(45)38-10-8-26-63-35-38/h8,10,15,23,26,32,35,37,40-43,45,47-49,53,71H,6-7,9,11-14,16-22,24-25,27-31,33-34H2,1-5H3,(H,64,77)(H,65,78)(H,66,74)(H,67,75)(H,68,69,70)/t37?,40?,41-,42?,43?,45+,47+,48-,49+,53-/m1/s1. The number of hydrogen-bond acceptors (Lipinski definition) is 13. The molecule has 0 unspecified atom stereocenters. The predicted molar refractivity (Wildman–Crippen MR) is 298 cm³/mol. The first-order chi connectivity index (χ1) is 38.7. The van der Waals surface area contributed by atoms with Crippen LogP contribution in [-0.4, -0.2) is 148 Å². The lowest BCUT2D eigenvalue weighted by Crippen LogP contribution is -2.59. The highest BCUT2D eigenvalue weighted by molar-refractivity contribution is 5.94. The molecule has 5 fully saturated rings. The van der Waals surface area contributed by atoms with E-state index in [2.05, 4.69) is 62.6 Å². The highest BCUT2D eigenvalue weighted by Gasteiger charge is 2.44. The molecule has 1 aromatic carbocycles. The monoisotopic (exact) mass is 1130 g/mol. The normalized spacial score (nSPS) is 26.4. The van der Waals surface area contributed by atoms with Crippen molar-refractivity contribution in [2.75, 3.05) is 45.2 Å². The number of carbonyl (C=O) groups excluding carboxylic acids is 6. The summed E-state index contributed by atoms with van der Waals surface area (Å²) < 4.78 is 54.1. The molecule has 4 heterocycles. The number of aryl methyl sites for hydroxylation is 1. The second kappa shape index (κ2) is 27.8. The Bertz CT molecular complexity index is 2640. The molecule has 6 amide bonds. The molecule has 3 aromatic rings. The Kier molecular flexibility index (Phi) is 21.0. The Hall–Kier alpha value is -6.00. The largest absolute Gasteiger partial charge is 0.416 e. The number of ether oxygens (including phenoxy) is 2. The zero-order valence-electron chi connectivity index (χ0n) is 47.7. The number of aromatic nitrogens is 3. The zero-order valence-corrected chi connectivity index (χ0v) is 47.7. The maximum absolute atomic E-state index is 14.1. The number of anilines is 1. The molecule has 3 aliphatic carbocycles. The summed E-state index contributed by atoms with van der Waals surface area (Å²) in [6, 6.07) is 5.65. The third-order valence-electron chi connectivity index (χ3n) is 16.7. The smallest absolute Gasteiger partial charge is 0.378 e. The van der Waals surface area contributed by atoms with E-state index in [1.54, 1.807) is 35.3 Å². The number of pyridine rings is 1. The molecule has 0 bridgehead atoms. The summed E-state index contributed by atoms with van der Waals surface area (Å²) in [5.41, 5.74) is 0.193. The van der Waals surface area contributed by atoms with Gasteiger partial charge in [-0.3, -0.25) is 33.8 Å². The Labute approximate surface area is 473 Å². The van der Waals surface area contributed by atoms with Crippen LogP contribution in [0.2, 0.25) is 0 Å². The van der Waals surface area contributed by atoms with Gasteiger partial charge < -0.3 is 51.2 Å². The van der Waals surface area contributed by atoms with Gasteiger partial charge in [-0.2, -0.15) is 13.2 Å².